The van der Waals surface area contributed by atoms with Crippen LogP contribution in [0.3, 0.4) is 0 Å². The zero-order valence-corrected chi connectivity index (χ0v) is 41.4. The number of aromatic nitrogens is 3. The number of pyridine rings is 2. The maximum Gasteiger partial charge on any atom is 0.274 e. The van der Waals surface area contributed by atoms with Gasteiger partial charge in [-0.1, -0.05) is 13.8 Å². The Morgan fingerprint density at radius 3 is 2.28 bits per heavy atom. The number of nitrogens with zero attached hydrogens (tertiary/aromatic N) is 9. The fourth-order valence-electron chi connectivity index (χ4n) is 13.0. The lowest BCUT2D eigenvalue weighted by atomic mass is 9.89. The number of anilines is 5. The minimum atomic E-state index is -0.989. The van der Waals surface area contributed by atoms with Gasteiger partial charge in [-0.25, -0.2) is 4.98 Å². The van der Waals surface area contributed by atoms with E-state index in [1.807, 2.05) is 41.6 Å². The maximum atomic E-state index is 14.2. The first kappa shape index (κ1) is 46.8. The van der Waals surface area contributed by atoms with Crippen LogP contribution in [-0.4, -0.2) is 146 Å². The van der Waals surface area contributed by atoms with Crippen LogP contribution in [0.15, 0.2) is 59.7 Å². The molecule has 4 saturated heterocycles. The first-order valence-corrected chi connectivity index (χ1v) is 25.6. The van der Waals surface area contributed by atoms with Crippen molar-refractivity contribution >= 4 is 58.1 Å². The zero-order chi connectivity index (χ0) is 49.6. The number of piperazine rings is 1. The highest BCUT2D eigenvalue weighted by atomic mass is 16.3. The molecule has 4 fully saturated rings. The minimum absolute atomic E-state index is 0.0330. The number of hydrogen-bond acceptors (Lipinski definition) is 13. The molecule has 71 heavy (non-hydrogen) atoms. The Morgan fingerprint density at radius 2 is 1.55 bits per heavy atom. The average molecular weight is 968 g/mol. The Morgan fingerprint density at radius 1 is 0.789 bits per heavy atom. The van der Waals surface area contributed by atoms with Crippen LogP contribution in [0.25, 0.3) is 0 Å². The molecule has 18 nitrogen and oxygen atoms in total. The van der Waals surface area contributed by atoms with Crippen molar-refractivity contribution in [2.45, 2.75) is 122 Å². The summed E-state index contributed by atoms with van der Waals surface area (Å²) >= 11 is 0. The average Bonchev–Trinajstić information content (AvgIpc) is 3.94. The van der Waals surface area contributed by atoms with Crippen molar-refractivity contribution in [1.82, 2.24) is 34.1 Å². The summed E-state index contributed by atoms with van der Waals surface area (Å²) in [5, 5.41) is 17.0. The number of hydrogen-bond donors (Lipinski definition) is 3. The van der Waals surface area contributed by atoms with Gasteiger partial charge in [-0.2, -0.15) is 0 Å². The predicted molar refractivity (Wildman–Crippen MR) is 268 cm³/mol. The van der Waals surface area contributed by atoms with Gasteiger partial charge in [0, 0.05) is 95.5 Å². The van der Waals surface area contributed by atoms with E-state index >= 15 is 0 Å². The first-order valence-electron chi connectivity index (χ1n) is 25.6. The first-order chi connectivity index (χ1) is 34.0. The Balaban J connectivity index is 0.707. The van der Waals surface area contributed by atoms with Crippen molar-refractivity contribution in [3.05, 3.63) is 93.3 Å². The predicted octanol–water partition coefficient (Wildman–Crippen LogP) is 3.91. The molecule has 4 unspecified atom stereocenters. The van der Waals surface area contributed by atoms with Crippen molar-refractivity contribution in [1.29, 1.82) is 0 Å². The van der Waals surface area contributed by atoms with Gasteiger partial charge in [-0.3, -0.25) is 43.9 Å². The van der Waals surface area contributed by atoms with E-state index in [9.17, 15) is 33.9 Å². The molecule has 9 heterocycles. The third-order valence-electron chi connectivity index (χ3n) is 16.5. The molecule has 3 N–H and O–H groups in total. The van der Waals surface area contributed by atoms with Crippen molar-refractivity contribution in [2.75, 3.05) is 65.8 Å². The Hall–Kier alpha value is -6.53. The van der Waals surface area contributed by atoms with E-state index in [-0.39, 0.29) is 53.4 Å². The molecule has 11 rings (SSSR count). The number of carbonyl (C=O) groups excluding carboxylic acids is 5. The van der Waals surface area contributed by atoms with Gasteiger partial charge >= 0.3 is 0 Å². The fourth-order valence-corrected chi connectivity index (χ4v) is 13.0. The second-order valence-electron chi connectivity index (χ2n) is 21.8. The zero-order valence-electron chi connectivity index (χ0n) is 41.4. The molecule has 18 heteroatoms. The van der Waals surface area contributed by atoms with E-state index in [0.29, 0.717) is 36.2 Å². The third kappa shape index (κ3) is 8.35. The molecule has 5 atom stereocenters. The molecule has 1 aliphatic carbocycles. The second kappa shape index (κ2) is 17.9. The summed E-state index contributed by atoms with van der Waals surface area (Å²) in [5.74, 6) is -1.42. The van der Waals surface area contributed by atoms with Crippen molar-refractivity contribution in [3.8, 4) is 0 Å². The van der Waals surface area contributed by atoms with E-state index < -0.39 is 35.8 Å². The van der Waals surface area contributed by atoms with Gasteiger partial charge in [-0.05, 0) is 112 Å². The van der Waals surface area contributed by atoms with Crippen molar-refractivity contribution < 1.29 is 29.1 Å². The number of amides is 5. The number of rotatable bonds is 9. The summed E-state index contributed by atoms with van der Waals surface area (Å²) in [6, 6.07) is 12.3. The summed E-state index contributed by atoms with van der Waals surface area (Å²) in [6.45, 7) is 14.9. The van der Waals surface area contributed by atoms with Crippen LogP contribution in [0.4, 0.5) is 28.6 Å². The van der Waals surface area contributed by atoms with Crippen LogP contribution in [0, 0.1) is 5.41 Å². The number of imide groups is 2. The summed E-state index contributed by atoms with van der Waals surface area (Å²) < 4.78 is 3.81. The molecule has 5 amide bonds. The number of nitrogens with one attached hydrogen (secondary N) is 2. The number of carbonyl (C=O) groups is 5. The Labute approximate surface area is 413 Å². The van der Waals surface area contributed by atoms with Gasteiger partial charge < -0.3 is 39.2 Å². The molecule has 0 radical (unpaired) electrons. The number of aliphatic hydroxyl groups excluding tert-OH is 1. The molecule has 4 aromatic rings. The van der Waals surface area contributed by atoms with Gasteiger partial charge in [0.1, 0.15) is 23.2 Å². The molecule has 0 saturated carbocycles. The SMILES string of the molecule is CC(O)C1C(N2CCn3c(cc4c3CC(C)(C)C4)C2=O)CCCN1c1cc(Nc2ccc(N3CCN(C4CCN(c5ccc6c(c5)C(=O)N(C5CCC(=O)NC5=O)C6=O)CC4)C[C@@H]3C)cn2)c(=O)n(C)c1. The smallest absolute Gasteiger partial charge is 0.274 e. The van der Waals surface area contributed by atoms with E-state index in [1.165, 1.54) is 11.3 Å². The van der Waals surface area contributed by atoms with E-state index in [0.717, 1.165) is 105 Å². The highest BCUT2D eigenvalue weighted by molar-refractivity contribution is 6.23. The highest BCUT2D eigenvalue weighted by Gasteiger charge is 2.46. The van der Waals surface area contributed by atoms with E-state index in [1.54, 1.807) is 30.7 Å². The number of fused-ring (bicyclic) bond motifs is 4. The molecular formula is C53H65N11O7. The van der Waals surface area contributed by atoms with Crippen LogP contribution < -0.4 is 30.9 Å². The summed E-state index contributed by atoms with van der Waals surface area (Å²) in [5.41, 5.74) is 6.99. The molecule has 3 aromatic heterocycles. The van der Waals surface area contributed by atoms with Crippen LogP contribution in [-0.2, 0) is 36.0 Å². The minimum Gasteiger partial charge on any atom is -0.391 e. The summed E-state index contributed by atoms with van der Waals surface area (Å²) in [6.07, 6.45) is 8.64. The monoisotopic (exact) mass is 968 g/mol. The molecule has 0 spiro atoms. The Bertz CT molecular complexity index is 2880. The largest absolute Gasteiger partial charge is 0.391 e. The fraction of sp³-hybridized carbons (Fsp3) is 0.528. The van der Waals surface area contributed by atoms with Gasteiger partial charge in [0.25, 0.3) is 23.3 Å². The number of aliphatic hydroxyl groups is 1. The number of aryl methyl sites for hydroxylation is 1. The van der Waals surface area contributed by atoms with E-state index in [4.69, 9.17) is 4.98 Å². The second-order valence-corrected chi connectivity index (χ2v) is 21.8. The van der Waals surface area contributed by atoms with Crippen LogP contribution in [0.5, 0.6) is 0 Å². The molecular weight excluding hydrogens is 903 g/mol. The number of benzene rings is 1. The standard InChI is InChI=1S/C53H65N11O7/c1-31-29-59(34-14-17-58(18-15-34)35-8-10-38-39(24-35)50(69)64(49(38)68)42-11-13-46(66)56-48(42)67)19-20-60(31)36-9-12-45(54-28-36)55-40-25-37(30-57(5)51(40)70)61-16-6-7-41(47(61)32(2)65)63-22-21-62-43(52(63)71)23-33-26-53(3,4)27-44(33)62/h8-10,12,23-25,28,30-32,34,41-42,47,65H,6-7,11,13-22,26-27,29H2,1-5H3,(H,54,55)(H,56,66,67)/t31-,32?,41?,42?,47?/m0/s1. The lowest BCUT2D eigenvalue weighted by Gasteiger charge is -2.49. The quantitative estimate of drug-likeness (QED) is 0.205. The van der Waals surface area contributed by atoms with E-state index in [2.05, 4.69) is 61.6 Å². The van der Waals surface area contributed by atoms with Crippen LogP contribution in [0.2, 0.25) is 0 Å². The van der Waals surface area contributed by atoms with Crippen molar-refractivity contribution in [3.63, 3.8) is 0 Å². The highest BCUT2D eigenvalue weighted by Crippen LogP contribution is 2.41. The third-order valence-corrected chi connectivity index (χ3v) is 16.5. The molecule has 1 aromatic carbocycles. The number of piperidine rings is 3. The van der Waals surface area contributed by atoms with Gasteiger partial charge in [-0.15, -0.1) is 0 Å². The maximum absolute atomic E-state index is 14.2. The van der Waals surface area contributed by atoms with Crippen molar-refractivity contribution in [2.24, 2.45) is 12.5 Å². The topological polar surface area (TPSA) is 189 Å². The molecule has 0 bridgehead atoms. The van der Waals surface area contributed by atoms with Crippen LogP contribution in [0.1, 0.15) is 109 Å². The summed E-state index contributed by atoms with van der Waals surface area (Å²) in [7, 11) is 1.74. The Kier molecular flexibility index (Phi) is 11.8. The lowest BCUT2D eigenvalue weighted by Crippen LogP contribution is -2.62. The lowest BCUT2D eigenvalue weighted by molar-refractivity contribution is -0.136. The molecule has 374 valence electrons. The van der Waals surface area contributed by atoms with Crippen LogP contribution >= 0.6 is 0 Å². The van der Waals surface area contributed by atoms with Gasteiger partial charge in [0.05, 0.1) is 46.9 Å². The van der Waals surface area contributed by atoms with Gasteiger partial charge in [0.15, 0.2) is 0 Å². The summed E-state index contributed by atoms with van der Waals surface area (Å²) in [4.78, 5) is 96.0. The van der Waals surface area contributed by atoms with Gasteiger partial charge in [0.2, 0.25) is 11.8 Å². The molecule has 7 aliphatic rings. The normalized spacial score (nSPS) is 25.4. The molecule has 6 aliphatic heterocycles.